The number of nitrogens with zero attached hydrogens (tertiary/aromatic N) is 1. The molecule has 4 aromatic rings. The van der Waals surface area contributed by atoms with Crippen LogP contribution >= 0.6 is 0 Å². The Morgan fingerprint density at radius 1 is 1.00 bits per heavy atom. The summed E-state index contributed by atoms with van der Waals surface area (Å²) in [5, 5.41) is 1.37. The van der Waals surface area contributed by atoms with Crippen LogP contribution in [0.4, 0.5) is 4.39 Å². The Morgan fingerprint density at radius 2 is 1.79 bits per heavy atom. The summed E-state index contributed by atoms with van der Waals surface area (Å²) in [7, 11) is 0. The number of pyridine rings is 1. The Kier molecular flexibility index (Phi) is 4.82. The molecular formula is C24H24FN3O. The van der Waals surface area contributed by atoms with E-state index >= 15 is 0 Å². The number of imidazole rings is 1. The molecule has 0 aliphatic carbocycles. The van der Waals surface area contributed by atoms with E-state index in [1.165, 1.54) is 6.07 Å². The van der Waals surface area contributed by atoms with Gasteiger partial charge in [-0.25, -0.2) is 9.37 Å². The minimum Gasteiger partial charge on any atom is -0.345 e. The SMILES string of the molecule is Cc1nc(C(c2ccc(-c3ccc4cccc(F)c4c3)[nH]c2=O)C(C)C)[nH]c1C. The van der Waals surface area contributed by atoms with Gasteiger partial charge in [-0.3, -0.25) is 4.79 Å². The van der Waals surface area contributed by atoms with Crippen LogP contribution in [0.1, 0.15) is 42.5 Å². The number of hydrogen-bond donors (Lipinski definition) is 2. The zero-order chi connectivity index (χ0) is 20.7. The maximum atomic E-state index is 14.2. The molecule has 2 aromatic heterocycles. The molecular weight excluding hydrogens is 365 g/mol. The maximum Gasteiger partial charge on any atom is 0.252 e. The highest BCUT2D eigenvalue weighted by molar-refractivity contribution is 5.87. The topological polar surface area (TPSA) is 61.5 Å². The quantitative estimate of drug-likeness (QED) is 0.487. The molecule has 0 fully saturated rings. The summed E-state index contributed by atoms with van der Waals surface area (Å²) >= 11 is 0. The first-order valence-electron chi connectivity index (χ1n) is 9.80. The van der Waals surface area contributed by atoms with Crippen LogP contribution in [0.15, 0.2) is 53.3 Å². The highest BCUT2D eigenvalue weighted by Gasteiger charge is 2.24. The zero-order valence-electron chi connectivity index (χ0n) is 17.0. The molecule has 2 aromatic carbocycles. The number of benzene rings is 2. The highest BCUT2D eigenvalue weighted by Crippen LogP contribution is 2.30. The summed E-state index contributed by atoms with van der Waals surface area (Å²) < 4.78 is 14.2. The second-order valence-corrected chi connectivity index (χ2v) is 7.89. The van der Waals surface area contributed by atoms with Crippen molar-refractivity contribution in [2.75, 3.05) is 0 Å². The molecule has 0 amide bonds. The van der Waals surface area contributed by atoms with Crippen LogP contribution in [-0.4, -0.2) is 15.0 Å². The summed E-state index contributed by atoms with van der Waals surface area (Å²) in [6.07, 6.45) is 0. The Morgan fingerprint density at radius 3 is 2.45 bits per heavy atom. The lowest BCUT2D eigenvalue weighted by Crippen LogP contribution is -2.21. The molecule has 0 saturated carbocycles. The monoisotopic (exact) mass is 389 g/mol. The number of H-pyrrole nitrogens is 2. The van der Waals surface area contributed by atoms with Crippen LogP contribution in [0.2, 0.25) is 0 Å². The van der Waals surface area contributed by atoms with Crippen molar-refractivity contribution in [3.8, 4) is 11.3 Å². The van der Waals surface area contributed by atoms with E-state index in [1.807, 2.05) is 44.2 Å². The van der Waals surface area contributed by atoms with Crippen molar-refractivity contribution in [3.63, 3.8) is 0 Å². The van der Waals surface area contributed by atoms with Gasteiger partial charge in [-0.05, 0) is 48.9 Å². The fraction of sp³-hybridized carbons (Fsp3) is 0.250. The first kappa shape index (κ1) is 19.1. The minimum absolute atomic E-state index is 0.130. The van der Waals surface area contributed by atoms with Gasteiger partial charge >= 0.3 is 0 Å². The molecule has 148 valence electrons. The van der Waals surface area contributed by atoms with E-state index in [0.717, 1.165) is 28.2 Å². The number of fused-ring (bicyclic) bond motifs is 1. The Hall–Kier alpha value is -3.21. The first-order chi connectivity index (χ1) is 13.8. The number of hydrogen-bond acceptors (Lipinski definition) is 2. The lowest BCUT2D eigenvalue weighted by molar-refractivity contribution is 0.537. The molecule has 4 nitrogen and oxygen atoms in total. The van der Waals surface area contributed by atoms with Crippen LogP contribution in [0.5, 0.6) is 0 Å². The van der Waals surface area contributed by atoms with Gasteiger partial charge in [0.25, 0.3) is 5.56 Å². The van der Waals surface area contributed by atoms with E-state index in [4.69, 9.17) is 0 Å². The molecule has 2 N–H and O–H groups in total. The maximum absolute atomic E-state index is 14.2. The Labute approximate surface area is 168 Å². The van der Waals surface area contributed by atoms with Crippen molar-refractivity contribution in [2.24, 2.45) is 5.92 Å². The fourth-order valence-electron chi connectivity index (χ4n) is 3.84. The predicted molar refractivity (Wildman–Crippen MR) is 115 cm³/mol. The molecule has 5 heteroatoms. The molecule has 0 aliphatic heterocycles. The van der Waals surface area contributed by atoms with Crippen molar-refractivity contribution < 1.29 is 4.39 Å². The second-order valence-electron chi connectivity index (χ2n) is 7.89. The Balaban J connectivity index is 1.78. The van der Waals surface area contributed by atoms with Crippen molar-refractivity contribution in [2.45, 2.75) is 33.6 Å². The van der Waals surface area contributed by atoms with Crippen LogP contribution in [0.25, 0.3) is 22.0 Å². The highest BCUT2D eigenvalue weighted by atomic mass is 19.1. The molecule has 29 heavy (non-hydrogen) atoms. The van der Waals surface area contributed by atoms with Gasteiger partial charge in [0.15, 0.2) is 0 Å². The largest absolute Gasteiger partial charge is 0.345 e. The molecule has 0 radical (unpaired) electrons. The number of aromatic amines is 2. The average Bonchev–Trinajstić information content (AvgIpc) is 3.01. The number of halogens is 1. The van der Waals surface area contributed by atoms with Crippen molar-refractivity contribution in [1.82, 2.24) is 15.0 Å². The van der Waals surface area contributed by atoms with Crippen LogP contribution < -0.4 is 5.56 Å². The summed E-state index contributed by atoms with van der Waals surface area (Å²) in [5.41, 5.74) is 3.91. The molecule has 4 rings (SSSR count). The van der Waals surface area contributed by atoms with Gasteiger partial charge in [0.1, 0.15) is 11.6 Å². The lowest BCUT2D eigenvalue weighted by Gasteiger charge is -2.19. The molecule has 0 spiro atoms. The minimum atomic E-state index is -0.272. The molecule has 1 atom stereocenters. The normalized spacial score (nSPS) is 12.6. The van der Waals surface area contributed by atoms with E-state index in [9.17, 15) is 9.18 Å². The summed E-state index contributed by atoms with van der Waals surface area (Å²) in [6.45, 7) is 8.10. The average molecular weight is 389 g/mol. The van der Waals surface area contributed by atoms with Crippen LogP contribution in [-0.2, 0) is 0 Å². The van der Waals surface area contributed by atoms with Crippen molar-refractivity contribution in [3.05, 3.63) is 87.5 Å². The third-order valence-electron chi connectivity index (χ3n) is 5.52. The van der Waals surface area contributed by atoms with E-state index in [2.05, 4.69) is 28.8 Å². The standard InChI is InChI=1S/C24H24FN3O/c1-13(2)22(23-26-14(3)15(4)27-23)18-10-11-21(28-24(18)29)17-9-8-16-6-5-7-20(25)19(16)12-17/h5-13,22H,1-4H3,(H,26,27)(H,28,29). The number of aryl methyl sites for hydroxylation is 2. The van der Waals surface area contributed by atoms with Crippen LogP contribution in [0, 0.1) is 25.6 Å². The third kappa shape index (κ3) is 3.48. The Bertz CT molecular complexity index is 1230. The zero-order valence-corrected chi connectivity index (χ0v) is 17.0. The number of rotatable bonds is 4. The van der Waals surface area contributed by atoms with Gasteiger partial charge in [0.05, 0.1) is 5.69 Å². The van der Waals surface area contributed by atoms with Gasteiger partial charge in [0, 0.05) is 28.3 Å². The van der Waals surface area contributed by atoms with Gasteiger partial charge in [-0.15, -0.1) is 0 Å². The van der Waals surface area contributed by atoms with Crippen molar-refractivity contribution in [1.29, 1.82) is 0 Å². The summed E-state index contributed by atoms with van der Waals surface area (Å²) in [4.78, 5) is 23.9. The molecule has 1 unspecified atom stereocenters. The van der Waals surface area contributed by atoms with Gasteiger partial charge in [0.2, 0.25) is 0 Å². The number of aromatic nitrogens is 3. The predicted octanol–water partition coefficient (Wildman–Crippen LogP) is 5.46. The lowest BCUT2D eigenvalue weighted by atomic mass is 9.88. The van der Waals surface area contributed by atoms with E-state index in [1.54, 1.807) is 12.1 Å². The second kappa shape index (κ2) is 7.32. The number of nitrogens with one attached hydrogen (secondary N) is 2. The summed E-state index contributed by atoms with van der Waals surface area (Å²) in [5.74, 6) is 0.601. The van der Waals surface area contributed by atoms with E-state index in [-0.39, 0.29) is 23.2 Å². The van der Waals surface area contributed by atoms with Crippen LogP contribution in [0.3, 0.4) is 0 Å². The third-order valence-corrected chi connectivity index (χ3v) is 5.52. The smallest absolute Gasteiger partial charge is 0.252 e. The molecule has 2 heterocycles. The fourth-order valence-corrected chi connectivity index (χ4v) is 3.84. The molecule has 0 bridgehead atoms. The molecule has 0 saturated heterocycles. The van der Waals surface area contributed by atoms with E-state index < -0.39 is 0 Å². The molecule has 0 aliphatic rings. The van der Waals surface area contributed by atoms with Gasteiger partial charge < -0.3 is 9.97 Å². The van der Waals surface area contributed by atoms with E-state index in [0.29, 0.717) is 16.6 Å². The van der Waals surface area contributed by atoms with Gasteiger partial charge in [-0.2, -0.15) is 0 Å². The first-order valence-corrected chi connectivity index (χ1v) is 9.80. The van der Waals surface area contributed by atoms with Crippen molar-refractivity contribution >= 4 is 10.8 Å². The summed E-state index contributed by atoms with van der Waals surface area (Å²) in [6, 6.07) is 14.3. The van der Waals surface area contributed by atoms with Gasteiger partial charge in [-0.1, -0.05) is 44.2 Å².